The van der Waals surface area contributed by atoms with E-state index in [1.54, 1.807) is 36.3 Å². The van der Waals surface area contributed by atoms with Gasteiger partial charge in [-0.25, -0.2) is 0 Å². The topological polar surface area (TPSA) is 63.0 Å². The van der Waals surface area contributed by atoms with E-state index in [0.29, 0.717) is 19.6 Å². The minimum atomic E-state index is -0.300. The Kier molecular flexibility index (Phi) is 5.07. The van der Waals surface area contributed by atoms with Crippen LogP contribution in [0.3, 0.4) is 0 Å². The van der Waals surface area contributed by atoms with Gasteiger partial charge in [0, 0.05) is 26.6 Å². The quantitative estimate of drug-likeness (QED) is 0.808. The first-order valence-corrected chi connectivity index (χ1v) is 8.25. The monoisotopic (exact) mass is 342 g/mol. The highest BCUT2D eigenvalue weighted by atomic mass is 16.5. The van der Waals surface area contributed by atoms with Gasteiger partial charge in [-0.1, -0.05) is 12.1 Å². The van der Waals surface area contributed by atoms with Gasteiger partial charge in [-0.3, -0.25) is 9.59 Å². The number of likely N-dealkylation sites (tertiary alicyclic amines) is 1. The van der Waals surface area contributed by atoms with Crippen molar-refractivity contribution in [2.24, 2.45) is 5.92 Å². The van der Waals surface area contributed by atoms with Crippen molar-refractivity contribution < 1.29 is 18.7 Å². The molecule has 6 heteroatoms. The van der Waals surface area contributed by atoms with E-state index in [9.17, 15) is 9.59 Å². The van der Waals surface area contributed by atoms with E-state index >= 15 is 0 Å². The van der Waals surface area contributed by atoms with E-state index in [1.165, 1.54) is 0 Å². The summed E-state index contributed by atoms with van der Waals surface area (Å²) in [6, 6.07) is 11.2. The second kappa shape index (κ2) is 7.42. The van der Waals surface area contributed by atoms with Crippen LogP contribution in [-0.2, 0) is 22.7 Å². The zero-order chi connectivity index (χ0) is 17.8. The van der Waals surface area contributed by atoms with Gasteiger partial charge in [-0.2, -0.15) is 0 Å². The molecule has 0 saturated carbocycles. The lowest BCUT2D eigenvalue weighted by Gasteiger charge is -2.20. The SMILES string of the molecule is COc1ccc(CN2CC(C(=O)N(C)Cc3ccco3)CC2=O)cc1. The van der Waals surface area contributed by atoms with Crippen molar-refractivity contribution in [3.63, 3.8) is 0 Å². The van der Waals surface area contributed by atoms with E-state index in [2.05, 4.69) is 0 Å². The Bertz CT molecular complexity index is 724. The number of rotatable bonds is 6. The molecule has 25 heavy (non-hydrogen) atoms. The van der Waals surface area contributed by atoms with Crippen LogP contribution in [0.5, 0.6) is 5.75 Å². The van der Waals surface area contributed by atoms with Crippen LogP contribution in [0.1, 0.15) is 17.7 Å². The lowest BCUT2D eigenvalue weighted by Crippen LogP contribution is -2.34. The average molecular weight is 342 g/mol. The van der Waals surface area contributed by atoms with Crippen LogP contribution >= 0.6 is 0 Å². The second-order valence-electron chi connectivity index (χ2n) is 6.30. The van der Waals surface area contributed by atoms with Crippen molar-refractivity contribution in [3.8, 4) is 5.75 Å². The molecule has 3 rings (SSSR count). The number of hydrogen-bond acceptors (Lipinski definition) is 4. The molecule has 0 radical (unpaired) electrons. The summed E-state index contributed by atoms with van der Waals surface area (Å²) in [5, 5.41) is 0. The second-order valence-corrected chi connectivity index (χ2v) is 6.30. The third-order valence-electron chi connectivity index (χ3n) is 4.45. The molecule has 6 nitrogen and oxygen atoms in total. The lowest BCUT2D eigenvalue weighted by atomic mass is 10.1. The number of nitrogens with zero attached hydrogens (tertiary/aromatic N) is 2. The van der Waals surface area contributed by atoms with Gasteiger partial charge in [0.05, 0.1) is 25.8 Å². The van der Waals surface area contributed by atoms with Crippen LogP contribution in [0, 0.1) is 5.92 Å². The summed E-state index contributed by atoms with van der Waals surface area (Å²) in [6.45, 7) is 1.37. The lowest BCUT2D eigenvalue weighted by molar-refractivity contribution is -0.135. The molecular weight excluding hydrogens is 320 g/mol. The molecule has 1 saturated heterocycles. The van der Waals surface area contributed by atoms with Crippen LogP contribution in [0.15, 0.2) is 47.1 Å². The summed E-state index contributed by atoms with van der Waals surface area (Å²) in [4.78, 5) is 28.2. The molecular formula is C19H22N2O4. The predicted octanol–water partition coefficient (Wildman–Crippen LogP) is 2.30. The Balaban J connectivity index is 1.58. The number of methoxy groups -OCH3 is 1. The van der Waals surface area contributed by atoms with Gasteiger partial charge in [0.1, 0.15) is 11.5 Å². The van der Waals surface area contributed by atoms with Crippen molar-refractivity contribution in [1.82, 2.24) is 9.80 Å². The number of furan rings is 1. The summed E-state index contributed by atoms with van der Waals surface area (Å²) in [7, 11) is 3.36. The number of benzene rings is 1. The highest BCUT2D eigenvalue weighted by Crippen LogP contribution is 2.23. The van der Waals surface area contributed by atoms with E-state index in [4.69, 9.17) is 9.15 Å². The average Bonchev–Trinajstić information content (AvgIpc) is 3.25. The van der Waals surface area contributed by atoms with Crippen molar-refractivity contribution >= 4 is 11.8 Å². The van der Waals surface area contributed by atoms with E-state index < -0.39 is 0 Å². The number of hydrogen-bond donors (Lipinski definition) is 0. The standard InChI is InChI=1S/C19H22N2O4/c1-20(13-17-4-3-9-25-17)19(23)15-10-18(22)21(12-15)11-14-5-7-16(24-2)8-6-14/h3-9,15H,10-13H2,1-2H3. The Morgan fingerprint density at radius 2 is 2.08 bits per heavy atom. The van der Waals surface area contributed by atoms with E-state index in [0.717, 1.165) is 17.1 Å². The van der Waals surface area contributed by atoms with Crippen molar-refractivity contribution in [2.45, 2.75) is 19.5 Å². The highest BCUT2D eigenvalue weighted by molar-refractivity contribution is 5.89. The molecule has 0 aliphatic carbocycles. The van der Waals surface area contributed by atoms with Crippen LogP contribution in [0.4, 0.5) is 0 Å². The molecule has 1 aliphatic rings. The number of carbonyl (C=O) groups excluding carboxylic acids is 2. The minimum absolute atomic E-state index is 0.0144. The van der Waals surface area contributed by atoms with Gasteiger partial charge in [0.15, 0.2) is 0 Å². The molecule has 0 N–H and O–H groups in total. The predicted molar refractivity (Wildman–Crippen MR) is 91.7 cm³/mol. The first-order chi connectivity index (χ1) is 12.1. The summed E-state index contributed by atoms with van der Waals surface area (Å²) in [6.07, 6.45) is 1.85. The van der Waals surface area contributed by atoms with Gasteiger partial charge in [0.2, 0.25) is 11.8 Å². The Morgan fingerprint density at radius 1 is 1.32 bits per heavy atom. The third kappa shape index (κ3) is 4.02. The zero-order valence-electron chi connectivity index (χ0n) is 14.5. The van der Waals surface area contributed by atoms with E-state index in [1.807, 2.05) is 30.3 Å². The van der Waals surface area contributed by atoms with Gasteiger partial charge < -0.3 is 19.0 Å². The first-order valence-electron chi connectivity index (χ1n) is 8.25. The molecule has 1 fully saturated rings. The summed E-state index contributed by atoms with van der Waals surface area (Å²) in [5.41, 5.74) is 1.02. The number of carbonyl (C=O) groups is 2. The molecule has 132 valence electrons. The highest BCUT2D eigenvalue weighted by Gasteiger charge is 2.35. The van der Waals surface area contributed by atoms with Crippen LogP contribution in [0.2, 0.25) is 0 Å². The van der Waals surface area contributed by atoms with Gasteiger partial charge >= 0.3 is 0 Å². The van der Waals surface area contributed by atoms with Crippen molar-refractivity contribution in [3.05, 3.63) is 54.0 Å². The summed E-state index contributed by atoms with van der Waals surface area (Å²) >= 11 is 0. The normalized spacial score (nSPS) is 17.0. The largest absolute Gasteiger partial charge is 0.497 e. The van der Waals surface area contributed by atoms with E-state index in [-0.39, 0.29) is 24.2 Å². The Morgan fingerprint density at radius 3 is 2.72 bits per heavy atom. The Hall–Kier alpha value is -2.76. The fourth-order valence-electron chi connectivity index (χ4n) is 3.07. The Labute approximate surface area is 147 Å². The molecule has 1 aromatic heterocycles. The molecule has 1 atom stereocenters. The molecule has 1 aliphatic heterocycles. The summed E-state index contributed by atoms with van der Waals surface area (Å²) in [5.74, 6) is 1.20. The molecule has 1 aromatic carbocycles. The van der Waals surface area contributed by atoms with Crippen LogP contribution in [0.25, 0.3) is 0 Å². The first kappa shape index (κ1) is 17.1. The zero-order valence-corrected chi connectivity index (χ0v) is 14.5. The van der Waals surface area contributed by atoms with Gasteiger partial charge in [0.25, 0.3) is 0 Å². The van der Waals surface area contributed by atoms with Gasteiger partial charge in [-0.15, -0.1) is 0 Å². The number of amides is 2. The summed E-state index contributed by atoms with van der Waals surface area (Å²) < 4.78 is 10.4. The maximum absolute atomic E-state index is 12.6. The van der Waals surface area contributed by atoms with Crippen LogP contribution in [-0.4, -0.2) is 42.3 Å². The minimum Gasteiger partial charge on any atom is -0.497 e. The van der Waals surface area contributed by atoms with Crippen LogP contribution < -0.4 is 4.74 Å². The third-order valence-corrected chi connectivity index (χ3v) is 4.45. The molecule has 2 amide bonds. The smallest absolute Gasteiger partial charge is 0.228 e. The molecule has 2 aromatic rings. The fourth-order valence-corrected chi connectivity index (χ4v) is 3.07. The fraction of sp³-hybridized carbons (Fsp3) is 0.368. The molecule has 0 spiro atoms. The molecule has 1 unspecified atom stereocenters. The maximum atomic E-state index is 12.6. The van der Waals surface area contributed by atoms with Crippen molar-refractivity contribution in [2.75, 3.05) is 20.7 Å². The van der Waals surface area contributed by atoms with Crippen molar-refractivity contribution in [1.29, 1.82) is 0 Å². The number of ether oxygens (including phenoxy) is 1. The molecule has 0 bridgehead atoms. The molecule has 2 heterocycles. The van der Waals surface area contributed by atoms with Gasteiger partial charge in [-0.05, 0) is 29.8 Å². The maximum Gasteiger partial charge on any atom is 0.228 e.